The van der Waals surface area contributed by atoms with Gasteiger partial charge in [0.15, 0.2) is 0 Å². The summed E-state index contributed by atoms with van der Waals surface area (Å²) in [5.74, 6) is 0.0446. The second kappa shape index (κ2) is 5.32. The zero-order chi connectivity index (χ0) is 10.6. The molecule has 1 fully saturated rings. The molecule has 0 aliphatic carbocycles. The quantitative estimate of drug-likeness (QED) is 0.716. The Bertz CT molecular complexity index is 188. The summed E-state index contributed by atoms with van der Waals surface area (Å²) in [4.78, 5) is 13.3. The molecule has 1 aliphatic rings. The van der Waals surface area contributed by atoms with Gasteiger partial charge in [-0.3, -0.25) is 4.79 Å². The molecule has 1 unspecified atom stereocenters. The number of hydrogen-bond donors (Lipinski definition) is 1. The Morgan fingerprint density at radius 1 is 1.71 bits per heavy atom. The van der Waals surface area contributed by atoms with Crippen molar-refractivity contribution < 1.29 is 14.6 Å². The van der Waals surface area contributed by atoms with Crippen LogP contribution in [-0.2, 0) is 9.53 Å². The van der Waals surface area contributed by atoms with Crippen molar-refractivity contribution in [1.82, 2.24) is 4.90 Å². The van der Waals surface area contributed by atoms with Crippen molar-refractivity contribution in [3.63, 3.8) is 0 Å². The van der Waals surface area contributed by atoms with Crippen molar-refractivity contribution in [2.75, 3.05) is 20.2 Å². The Morgan fingerprint density at radius 3 is 2.93 bits per heavy atom. The molecular weight excluding hydrogens is 182 g/mol. The van der Waals surface area contributed by atoms with E-state index in [1.54, 1.807) is 18.9 Å². The van der Waals surface area contributed by atoms with Crippen LogP contribution in [0.25, 0.3) is 0 Å². The summed E-state index contributed by atoms with van der Waals surface area (Å²) < 4.78 is 5.29. The molecule has 4 heteroatoms. The van der Waals surface area contributed by atoms with Crippen LogP contribution in [0, 0.1) is 0 Å². The molecule has 14 heavy (non-hydrogen) atoms. The lowest BCUT2D eigenvalue weighted by Crippen LogP contribution is -2.37. The standard InChI is InChI=1S/C10H19NO3/c1-8(12)5-6-11(2)10(13)9-4-3-7-14-9/h8-9,12H,3-7H2,1-2H3/t8?,9-/m0/s1. The molecule has 82 valence electrons. The van der Waals surface area contributed by atoms with E-state index in [1.165, 1.54) is 0 Å². The second-order valence-electron chi connectivity index (χ2n) is 3.90. The third-order valence-corrected chi connectivity index (χ3v) is 2.46. The van der Waals surface area contributed by atoms with Gasteiger partial charge >= 0.3 is 0 Å². The first kappa shape index (κ1) is 11.5. The molecule has 1 heterocycles. The normalized spacial score (nSPS) is 23.5. The minimum absolute atomic E-state index is 0.0446. The Hall–Kier alpha value is -0.610. The van der Waals surface area contributed by atoms with Gasteiger partial charge in [0.05, 0.1) is 6.10 Å². The molecule has 1 saturated heterocycles. The van der Waals surface area contributed by atoms with Crippen molar-refractivity contribution in [2.45, 2.75) is 38.4 Å². The summed E-state index contributed by atoms with van der Waals surface area (Å²) in [5.41, 5.74) is 0. The van der Waals surface area contributed by atoms with Crippen LogP contribution in [0.15, 0.2) is 0 Å². The lowest BCUT2D eigenvalue weighted by atomic mass is 10.2. The van der Waals surface area contributed by atoms with Crippen molar-refractivity contribution in [3.8, 4) is 0 Å². The van der Waals surface area contributed by atoms with Crippen LogP contribution >= 0.6 is 0 Å². The largest absolute Gasteiger partial charge is 0.393 e. The van der Waals surface area contributed by atoms with Gasteiger partial charge in [-0.2, -0.15) is 0 Å². The number of carbonyl (C=O) groups excluding carboxylic acids is 1. The van der Waals surface area contributed by atoms with Crippen LogP contribution in [0.3, 0.4) is 0 Å². The van der Waals surface area contributed by atoms with E-state index in [1.807, 2.05) is 0 Å². The van der Waals surface area contributed by atoms with Crippen LogP contribution in [0.1, 0.15) is 26.2 Å². The van der Waals surface area contributed by atoms with Crippen LogP contribution < -0.4 is 0 Å². The molecule has 1 N–H and O–H groups in total. The second-order valence-corrected chi connectivity index (χ2v) is 3.90. The van der Waals surface area contributed by atoms with Gasteiger partial charge in [-0.1, -0.05) is 0 Å². The maximum absolute atomic E-state index is 11.7. The van der Waals surface area contributed by atoms with Gasteiger partial charge < -0.3 is 14.7 Å². The van der Waals surface area contributed by atoms with Gasteiger partial charge in [-0.25, -0.2) is 0 Å². The van der Waals surface area contributed by atoms with E-state index in [9.17, 15) is 4.79 Å². The van der Waals surface area contributed by atoms with Crippen LogP contribution in [0.4, 0.5) is 0 Å². The number of rotatable bonds is 4. The van der Waals surface area contributed by atoms with E-state index in [4.69, 9.17) is 9.84 Å². The molecule has 1 amide bonds. The highest BCUT2D eigenvalue weighted by Crippen LogP contribution is 2.14. The van der Waals surface area contributed by atoms with E-state index in [-0.39, 0.29) is 18.1 Å². The predicted octanol–water partition coefficient (Wildman–Crippen LogP) is 0.395. The predicted molar refractivity (Wildman–Crippen MR) is 52.9 cm³/mol. The number of ether oxygens (including phenoxy) is 1. The summed E-state index contributed by atoms with van der Waals surface area (Å²) in [7, 11) is 1.76. The zero-order valence-corrected chi connectivity index (χ0v) is 8.90. The van der Waals surface area contributed by atoms with E-state index in [0.717, 1.165) is 12.8 Å². The molecule has 0 radical (unpaired) electrons. The molecule has 0 saturated carbocycles. The summed E-state index contributed by atoms with van der Waals surface area (Å²) in [6.45, 7) is 3.02. The number of amides is 1. The minimum atomic E-state index is -0.352. The summed E-state index contributed by atoms with van der Waals surface area (Å²) in [5, 5.41) is 9.08. The van der Waals surface area contributed by atoms with Gasteiger partial charge in [0.2, 0.25) is 0 Å². The molecule has 0 aromatic carbocycles. The Labute approximate surface area is 84.8 Å². The summed E-state index contributed by atoms with van der Waals surface area (Å²) in [6, 6.07) is 0. The first-order valence-electron chi connectivity index (χ1n) is 5.16. The Morgan fingerprint density at radius 2 is 2.43 bits per heavy atom. The SMILES string of the molecule is CC(O)CCN(C)C(=O)[C@@H]1CCCO1. The van der Waals surface area contributed by atoms with E-state index < -0.39 is 0 Å². The van der Waals surface area contributed by atoms with Gasteiger partial charge in [0, 0.05) is 20.2 Å². The highest BCUT2D eigenvalue weighted by Gasteiger charge is 2.26. The van der Waals surface area contributed by atoms with Crippen molar-refractivity contribution in [1.29, 1.82) is 0 Å². The van der Waals surface area contributed by atoms with Gasteiger partial charge in [-0.15, -0.1) is 0 Å². The average Bonchev–Trinajstić information content (AvgIpc) is 2.65. The van der Waals surface area contributed by atoms with E-state index in [2.05, 4.69) is 0 Å². The highest BCUT2D eigenvalue weighted by atomic mass is 16.5. The number of aliphatic hydroxyl groups excluding tert-OH is 1. The molecule has 0 bridgehead atoms. The monoisotopic (exact) mass is 201 g/mol. The summed E-state index contributed by atoms with van der Waals surface area (Å²) in [6.07, 6.45) is 1.83. The number of nitrogens with zero attached hydrogens (tertiary/aromatic N) is 1. The zero-order valence-electron chi connectivity index (χ0n) is 8.90. The molecule has 1 rings (SSSR count). The fourth-order valence-corrected chi connectivity index (χ4v) is 1.51. The third kappa shape index (κ3) is 3.27. The molecule has 0 aromatic rings. The third-order valence-electron chi connectivity index (χ3n) is 2.46. The molecule has 2 atom stereocenters. The summed E-state index contributed by atoms with van der Waals surface area (Å²) >= 11 is 0. The molecule has 4 nitrogen and oxygen atoms in total. The van der Waals surface area contributed by atoms with E-state index in [0.29, 0.717) is 19.6 Å². The fraction of sp³-hybridized carbons (Fsp3) is 0.900. The topological polar surface area (TPSA) is 49.8 Å². The van der Waals surface area contributed by atoms with Gasteiger partial charge in [0.1, 0.15) is 6.10 Å². The smallest absolute Gasteiger partial charge is 0.251 e. The van der Waals surface area contributed by atoms with E-state index >= 15 is 0 Å². The van der Waals surface area contributed by atoms with Gasteiger partial charge in [0.25, 0.3) is 5.91 Å². The first-order chi connectivity index (χ1) is 6.61. The number of hydrogen-bond acceptors (Lipinski definition) is 3. The Balaban J connectivity index is 2.28. The molecular formula is C10H19NO3. The number of aliphatic hydroxyl groups is 1. The minimum Gasteiger partial charge on any atom is -0.393 e. The van der Waals surface area contributed by atoms with Crippen LogP contribution in [-0.4, -0.2) is 48.3 Å². The van der Waals surface area contributed by atoms with Crippen molar-refractivity contribution in [3.05, 3.63) is 0 Å². The van der Waals surface area contributed by atoms with Gasteiger partial charge in [-0.05, 0) is 26.2 Å². The lowest BCUT2D eigenvalue weighted by Gasteiger charge is -2.21. The maximum Gasteiger partial charge on any atom is 0.251 e. The maximum atomic E-state index is 11.7. The first-order valence-corrected chi connectivity index (χ1v) is 5.16. The average molecular weight is 201 g/mol. The molecule has 1 aliphatic heterocycles. The van der Waals surface area contributed by atoms with Crippen molar-refractivity contribution >= 4 is 5.91 Å². The Kier molecular flexibility index (Phi) is 4.35. The number of likely N-dealkylation sites (N-methyl/N-ethyl adjacent to an activating group) is 1. The lowest BCUT2D eigenvalue weighted by molar-refractivity contribution is -0.139. The van der Waals surface area contributed by atoms with Crippen LogP contribution in [0.5, 0.6) is 0 Å². The number of carbonyl (C=O) groups is 1. The fourth-order valence-electron chi connectivity index (χ4n) is 1.51. The highest BCUT2D eigenvalue weighted by molar-refractivity contribution is 5.80. The molecule has 0 spiro atoms. The van der Waals surface area contributed by atoms with Crippen molar-refractivity contribution in [2.24, 2.45) is 0 Å². The molecule has 0 aromatic heterocycles. The van der Waals surface area contributed by atoms with Crippen LogP contribution in [0.2, 0.25) is 0 Å².